The second kappa shape index (κ2) is 4.23. The highest BCUT2D eigenvalue weighted by Gasteiger charge is 2.23. The minimum absolute atomic E-state index is 0.358. The topological polar surface area (TPSA) is 60.2 Å². The molecule has 0 amide bonds. The number of sulfone groups is 1. The van der Waals surface area contributed by atoms with Crippen LogP contribution in [0.15, 0.2) is 23.1 Å². The standard InChI is InChI=1S/C11H17NO2S/c1-4-9(3)15(13,14)11-7-10(12)6-5-8(11)2/h5-7,9H,4,12H2,1-3H3. The number of rotatable bonds is 3. The second-order valence-electron chi connectivity index (χ2n) is 3.79. The van der Waals surface area contributed by atoms with E-state index in [1.165, 1.54) is 6.07 Å². The van der Waals surface area contributed by atoms with Crippen LogP contribution in [0.1, 0.15) is 25.8 Å². The molecule has 0 spiro atoms. The molecule has 1 aromatic carbocycles. The van der Waals surface area contributed by atoms with Crippen LogP contribution in [0.2, 0.25) is 0 Å². The maximum Gasteiger partial charge on any atom is 0.181 e. The number of hydrogen-bond donors (Lipinski definition) is 1. The highest BCUT2D eigenvalue weighted by molar-refractivity contribution is 7.92. The Bertz CT molecular complexity index is 452. The molecule has 1 unspecified atom stereocenters. The number of anilines is 1. The highest BCUT2D eigenvalue weighted by atomic mass is 32.2. The summed E-state index contributed by atoms with van der Waals surface area (Å²) in [6.45, 7) is 5.37. The first-order valence-corrected chi connectivity index (χ1v) is 6.54. The van der Waals surface area contributed by atoms with Crippen molar-refractivity contribution in [3.8, 4) is 0 Å². The molecule has 1 atom stereocenters. The SMILES string of the molecule is CCC(C)S(=O)(=O)c1cc(N)ccc1C. The largest absolute Gasteiger partial charge is 0.399 e. The zero-order valence-corrected chi connectivity index (χ0v) is 10.1. The van der Waals surface area contributed by atoms with Crippen LogP contribution in [0, 0.1) is 6.92 Å². The van der Waals surface area contributed by atoms with E-state index < -0.39 is 9.84 Å². The van der Waals surface area contributed by atoms with Crippen LogP contribution in [0.5, 0.6) is 0 Å². The van der Waals surface area contributed by atoms with Crippen LogP contribution < -0.4 is 5.73 Å². The van der Waals surface area contributed by atoms with Crippen molar-refractivity contribution in [1.29, 1.82) is 0 Å². The Morgan fingerprint density at radius 3 is 2.53 bits per heavy atom. The Hall–Kier alpha value is -1.03. The van der Waals surface area contributed by atoms with Crippen molar-refractivity contribution in [2.75, 3.05) is 5.73 Å². The lowest BCUT2D eigenvalue weighted by molar-refractivity contribution is 0.580. The summed E-state index contributed by atoms with van der Waals surface area (Å²) in [5.41, 5.74) is 6.84. The van der Waals surface area contributed by atoms with Gasteiger partial charge in [-0.2, -0.15) is 0 Å². The molecular weight excluding hydrogens is 210 g/mol. The Morgan fingerprint density at radius 2 is 2.00 bits per heavy atom. The van der Waals surface area contributed by atoms with Crippen molar-refractivity contribution in [3.05, 3.63) is 23.8 Å². The Labute approximate surface area is 91.2 Å². The maximum atomic E-state index is 12.1. The molecule has 0 aliphatic rings. The Balaban J connectivity index is 3.33. The minimum Gasteiger partial charge on any atom is -0.399 e. The summed E-state index contributed by atoms with van der Waals surface area (Å²) in [5, 5.41) is -0.363. The third kappa shape index (κ3) is 2.31. The van der Waals surface area contributed by atoms with E-state index in [9.17, 15) is 8.42 Å². The summed E-state index contributed by atoms with van der Waals surface area (Å²) in [4.78, 5) is 0.358. The molecular formula is C11H17NO2S. The van der Waals surface area contributed by atoms with Gasteiger partial charge >= 0.3 is 0 Å². The van der Waals surface area contributed by atoms with Gasteiger partial charge in [0.1, 0.15) is 0 Å². The molecule has 15 heavy (non-hydrogen) atoms. The van der Waals surface area contributed by atoms with E-state index in [1.54, 1.807) is 26.0 Å². The molecule has 0 fully saturated rings. The molecule has 1 aromatic rings. The Morgan fingerprint density at radius 1 is 1.40 bits per heavy atom. The smallest absolute Gasteiger partial charge is 0.181 e. The molecule has 0 heterocycles. The van der Waals surface area contributed by atoms with Gasteiger partial charge in [0.15, 0.2) is 9.84 Å². The zero-order chi connectivity index (χ0) is 11.6. The quantitative estimate of drug-likeness (QED) is 0.805. The van der Waals surface area contributed by atoms with Crippen molar-refractivity contribution in [2.45, 2.75) is 37.3 Å². The second-order valence-corrected chi connectivity index (χ2v) is 6.12. The molecule has 1 rings (SSSR count). The number of benzene rings is 1. The fourth-order valence-corrected chi connectivity index (χ4v) is 3.05. The van der Waals surface area contributed by atoms with Gasteiger partial charge in [0.2, 0.25) is 0 Å². The molecule has 3 nitrogen and oxygen atoms in total. The van der Waals surface area contributed by atoms with Crippen LogP contribution in [-0.2, 0) is 9.84 Å². The van der Waals surface area contributed by atoms with Gasteiger partial charge in [-0.3, -0.25) is 0 Å². The van der Waals surface area contributed by atoms with Gasteiger partial charge in [-0.1, -0.05) is 13.0 Å². The normalized spacial score (nSPS) is 13.8. The van der Waals surface area contributed by atoms with Crippen molar-refractivity contribution in [2.24, 2.45) is 0 Å². The lowest BCUT2D eigenvalue weighted by atomic mass is 10.2. The monoisotopic (exact) mass is 227 g/mol. The molecule has 0 saturated heterocycles. The molecule has 0 saturated carbocycles. The van der Waals surface area contributed by atoms with Crippen LogP contribution in [0.25, 0.3) is 0 Å². The molecule has 84 valence electrons. The predicted molar refractivity (Wildman–Crippen MR) is 62.5 cm³/mol. The van der Waals surface area contributed by atoms with E-state index in [-0.39, 0.29) is 5.25 Å². The van der Waals surface area contributed by atoms with E-state index in [1.807, 2.05) is 6.92 Å². The van der Waals surface area contributed by atoms with Gasteiger partial charge in [-0.25, -0.2) is 8.42 Å². The third-order valence-corrected chi connectivity index (χ3v) is 5.07. The summed E-state index contributed by atoms with van der Waals surface area (Å²) in [6, 6.07) is 4.99. The number of hydrogen-bond acceptors (Lipinski definition) is 3. The molecule has 0 radical (unpaired) electrons. The lowest BCUT2D eigenvalue weighted by Gasteiger charge is -2.13. The first-order chi connectivity index (χ1) is 6.89. The van der Waals surface area contributed by atoms with Gasteiger partial charge in [0.05, 0.1) is 10.1 Å². The van der Waals surface area contributed by atoms with Crippen molar-refractivity contribution >= 4 is 15.5 Å². The summed E-state index contributed by atoms with van der Waals surface area (Å²) in [6.07, 6.45) is 0.608. The molecule has 4 heteroatoms. The van der Waals surface area contributed by atoms with Crippen LogP contribution in [-0.4, -0.2) is 13.7 Å². The van der Waals surface area contributed by atoms with E-state index in [0.29, 0.717) is 17.0 Å². The average molecular weight is 227 g/mol. The summed E-state index contributed by atoms with van der Waals surface area (Å²) < 4.78 is 24.2. The summed E-state index contributed by atoms with van der Waals surface area (Å²) >= 11 is 0. The van der Waals surface area contributed by atoms with Crippen molar-refractivity contribution in [3.63, 3.8) is 0 Å². The number of nitrogen functional groups attached to an aromatic ring is 1. The first-order valence-electron chi connectivity index (χ1n) is 4.99. The van der Waals surface area contributed by atoms with E-state index in [4.69, 9.17) is 5.73 Å². The van der Waals surface area contributed by atoms with Crippen LogP contribution in [0.4, 0.5) is 5.69 Å². The van der Waals surface area contributed by atoms with Crippen molar-refractivity contribution in [1.82, 2.24) is 0 Å². The summed E-state index contributed by atoms with van der Waals surface area (Å²) in [5.74, 6) is 0. The summed E-state index contributed by atoms with van der Waals surface area (Å²) in [7, 11) is -3.22. The fourth-order valence-electron chi connectivity index (χ4n) is 1.36. The van der Waals surface area contributed by atoms with Gasteiger partial charge in [0.25, 0.3) is 0 Å². The first kappa shape index (κ1) is 12.0. The van der Waals surface area contributed by atoms with Crippen LogP contribution >= 0.6 is 0 Å². The van der Waals surface area contributed by atoms with Crippen molar-refractivity contribution < 1.29 is 8.42 Å². The predicted octanol–water partition coefficient (Wildman–Crippen LogP) is 2.15. The maximum absolute atomic E-state index is 12.1. The van der Waals surface area contributed by atoms with E-state index >= 15 is 0 Å². The molecule has 0 aromatic heterocycles. The highest BCUT2D eigenvalue weighted by Crippen LogP contribution is 2.23. The molecule has 0 aliphatic heterocycles. The van der Waals surface area contributed by atoms with Crippen LogP contribution in [0.3, 0.4) is 0 Å². The van der Waals surface area contributed by atoms with Gasteiger partial charge in [0, 0.05) is 5.69 Å². The minimum atomic E-state index is -3.22. The molecule has 0 aliphatic carbocycles. The lowest BCUT2D eigenvalue weighted by Crippen LogP contribution is -2.18. The van der Waals surface area contributed by atoms with E-state index in [0.717, 1.165) is 5.56 Å². The van der Waals surface area contributed by atoms with Gasteiger partial charge in [-0.15, -0.1) is 0 Å². The molecule has 0 bridgehead atoms. The fraction of sp³-hybridized carbons (Fsp3) is 0.455. The van der Waals surface area contributed by atoms with Gasteiger partial charge < -0.3 is 5.73 Å². The Kier molecular flexibility index (Phi) is 3.39. The zero-order valence-electron chi connectivity index (χ0n) is 9.32. The van der Waals surface area contributed by atoms with Gasteiger partial charge in [-0.05, 0) is 38.0 Å². The molecule has 2 N–H and O–H groups in total. The van der Waals surface area contributed by atoms with E-state index in [2.05, 4.69) is 0 Å². The third-order valence-electron chi connectivity index (χ3n) is 2.62. The number of aryl methyl sites for hydroxylation is 1. The average Bonchev–Trinajstić information content (AvgIpc) is 2.20. The number of nitrogens with two attached hydrogens (primary N) is 1.